The summed E-state index contributed by atoms with van der Waals surface area (Å²) in [5.41, 5.74) is 1.18. The minimum atomic E-state index is -0.655. The number of methoxy groups -OCH3 is 1. The highest BCUT2D eigenvalue weighted by atomic mass is 35.5. The van der Waals surface area contributed by atoms with Gasteiger partial charge in [-0.2, -0.15) is 0 Å². The Morgan fingerprint density at radius 3 is 2.69 bits per heavy atom. The van der Waals surface area contributed by atoms with Crippen LogP contribution < -0.4 is 9.47 Å². The lowest BCUT2D eigenvalue weighted by atomic mass is 10.1. The molecule has 16 heavy (non-hydrogen) atoms. The quantitative estimate of drug-likeness (QED) is 0.780. The molecule has 1 N–H and O–H groups in total. The molecule has 0 radical (unpaired) electrons. The number of alkyl halides is 1. The van der Waals surface area contributed by atoms with Gasteiger partial charge in [-0.25, -0.2) is 0 Å². The second-order valence-corrected chi connectivity index (χ2v) is 3.77. The number of hydrogen-bond donors (Lipinski definition) is 1. The van der Waals surface area contributed by atoms with Gasteiger partial charge in [-0.3, -0.25) is 0 Å². The SMILES string of the molecule is CCc1ccc(OCC(O)CCl)c(OC)c1. The van der Waals surface area contributed by atoms with Crippen LogP contribution in [0.5, 0.6) is 11.5 Å². The number of hydrogen-bond acceptors (Lipinski definition) is 3. The van der Waals surface area contributed by atoms with Crippen LogP contribution in [0.2, 0.25) is 0 Å². The van der Waals surface area contributed by atoms with E-state index in [2.05, 4.69) is 6.92 Å². The molecule has 0 saturated carbocycles. The Morgan fingerprint density at radius 1 is 1.38 bits per heavy atom. The van der Waals surface area contributed by atoms with E-state index in [0.717, 1.165) is 6.42 Å². The van der Waals surface area contributed by atoms with E-state index in [4.69, 9.17) is 21.1 Å². The minimum absolute atomic E-state index is 0.162. The standard InChI is InChI=1S/C12H17ClO3/c1-3-9-4-5-11(12(6-9)15-2)16-8-10(14)7-13/h4-6,10,14H,3,7-8H2,1-2H3. The molecule has 1 aromatic rings. The van der Waals surface area contributed by atoms with E-state index >= 15 is 0 Å². The van der Waals surface area contributed by atoms with Crippen molar-refractivity contribution in [1.82, 2.24) is 0 Å². The highest BCUT2D eigenvalue weighted by Crippen LogP contribution is 2.28. The zero-order chi connectivity index (χ0) is 12.0. The van der Waals surface area contributed by atoms with Gasteiger partial charge in [0, 0.05) is 0 Å². The van der Waals surface area contributed by atoms with Gasteiger partial charge in [0.1, 0.15) is 12.7 Å². The lowest BCUT2D eigenvalue weighted by Gasteiger charge is -2.13. The third kappa shape index (κ3) is 3.58. The van der Waals surface area contributed by atoms with Crippen molar-refractivity contribution in [1.29, 1.82) is 0 Å². The van der Waals surface area contributed by atoms with Crippen molar-refractivity contribution in [3.8, 4) is 11.5 Å². The average molecular weight is 245 g/mol. The summed E-state index contributed by atoms with van der Waals surface area (Å²) in [6.07, 6.45) is 0.290. The molecule has 0 heterocycles. The molecule has 3 nitrogen and oxygen atoms in total. The maximum atomic E-state index is 9.29. The van der Waals surface area contributed by atoms with Crippen LogP contribution in [0, 0.1) is 0 Å². The molecule has 1 atom stereocenters. The molecular weight excluding hydrogens is 228 g/mol. The van der Waals surface area contributed by atoms with E-state index in [1.165, 1.54) is 5.56 Å². The highest BCUT2D eigenvalue weighted by Gasteiger charge is 2.08. The predicted molar refractivity (Wildman–Crippen MR) is 64.6 cm³/mol. The Balaban J connectivity index is 2.71. The molecule has 0 bridgehead atoms. The fraction of sp³-hybridized carbons (Fsp3) is 0.500. The van der Waals surface area contributed by atoms with Crippen molar-refractivity contribution in [2.45, 2.75) is 19.4 Å². The third-order valence-electron chi connectivity index (χ3n) is 2.25. The Kier molecular flexibility index (Phi) is 5.43. The second kappa shape index (κ2) is 6.61. The van der Waals surface area contributed by atoms with Crippen molar-refractivity contribution >= 4 is 11.6 Å². The molecule has 1 aromatic carbocycles. The number of benzene rings is 1. The molecule has 0 spiro atoms. The molecule has 0 aromatic heterocycles. The molecule has 90 valence electrons. The molecular formula is C12H17ClO3. The molecule has 0 aliphatic carbocycles. The first kappa shape index (κ1) is 13.1. The topological polar surface area (TPSA) is 38.7 Å². The van der Waals surface area contributed by atoms with Crippen LogP contribution in [-0.4, -0.2) is 30.8 Å². The molecule has 0 amide bonds. The van der Waals surface area contributed by atoms with Crippen molar-refractivity contribution < 1.29 is 14.6 Å². The molecule has 0 saturated heterocycles. The van der Waals surface area contributed by atoms with E-state index < -0.39 is 6.10 Å². The molecule has 0 fully saturated rings. The lowest BCUT2D eigenvalue weighted by molar-refractivity contribution is 0.123. The van der Waals surface area contributed by atoms with E-state index in [1.807, 2.05) is 18.2 Å². The van der Waals surface area contributed by atoms with Crippen molar-refractivity contribution in [3.05, 3.63) is 23.8 Å². The Bertz CT molecular complexity index is 328. The third-order valence-corrected chi connectivity index (χ3v) is 2.60. The van der Waals surface area contributed by atoms with Gasteiger partial charge in [-0.15, -0.1) is 11.6 Å². The highest BCUT2D eigenvalue weighted by molar-refractivity contribution is 6.18. The van der Waals surface area contributed by atoms with Crippen LogP contribution >= 0.6 is 11.6 Å². The molecule has 0 aliphatic heterocycles. The zero-order valence-corrected chi connectivity index (χ0v) is 10.3. The molecule has 1 rings (SSSR count). The van der Waals surface area contributed by atoms with Gasteiger partial charge in [0.05, 0.1) is 13.0 Å². The largest absolute Gasteiger partial charge is 0.493 e. The van der Waals surface area contributed by atoms with Gasteiger partial charge in [0.15, 0.2) is 11.5 Å². The summed E-state index contributed by atoms with van der Waals surface area (Å²) in [7, 11) is 1.60. The Hall–Kier alpha value is -0.930. The van der Waals surface area contributed by atoms with E-state index in [9.17, 15) is 5.11 Å². The van der Waals surface area contributed by atoms with Gasteiger partial charge in [0.2, 0.25) is 0 Å². The van der Waals surface area contributed by atoms with Gasteiger partial charge in [-0.1, -0.05) is 13.0 Å². The summed E-state index contributed by atoms with van der Waals surface area (Å²) in [6, 6.07) is 5.76. The second-order valence-electron chi connectivity index (χ2n) is 3.46. The number of rotatable bonds is 6. The smallest absolute Gasteiger partial charge is 0.161 e. The maximum absolute atomic E-state index is 9.29. The van der Waals surface area contributed by atoms with Crippen LogP contribution in [0.4, 0.5) is 0 Å². The minimum Gasteiger partial charge on any atom is -0.493 e. The number of aliphatic hydroxyl groups is 1. The molecule has 4 heteroatoms. The summed E-state index contributed by atoms with van der Waals surface area (Å²) in [5.74, 6) is 1.47. The van der Waals surface area contributed by atoms with Crippen LogP contribution in [0.15, 0.2) is 18.2 Å². The molecule has 0 aliphatic rings. The van der Waals surface area contributed by atoms with Gasteiger partial charge < -0.3 is 14.6 Å². The Labute approximate surface area is 101 Å². The summed E-state index contributed by atoms with van der Waals surface area (Å²) in [6.45, 7) is 2.25. The first-order valence-electron chi connectivity index (χ1n) is 5.25. The van der Waals surface area contributed by atoms with Gasteiger partial charge >= 0.3 is 0 Å². The van der Waals surface area contributed by atoms with Crippen molar-refractivity contribution in [2.24, 2.45) is 0 Å². The zero-order valence-electron chi connectivity index (χ0n) is 9.57. The fourth-order valence-corrected chi connectivity index (χ4v) is 1.37. The summed E-state index contributed by atoms with van der Waals surface area (Å²) >= 11 is 5.48. The normalized spacial score (nSPS) is 12.2. The lowest BCUT2D eigenvalue weighted by Crippen LogP contribution is -2.19. The van der Waals surface area contributed by atoms with Gasteiger partial charge in [-0.05, 0) is 24.1 Å². The van der Waals surface area contributed by atoms with Crippen LogP contribution in [0.25, 0.3) is 0 Å². The average Bonchev–Trinajstić information content (AvgIpc) is 2.35. The fourth-order valence-electron chi connectivity index (χ4n) is 1.28. The summed E-state index contributed by atoms with van der Waals surface area (Å²) in [4.78, 5) is 0. The van der Waals surface area contributed by atoms with Crippen LogP contribution in [0.3, 0.4) is 0 Å². The summed E-state index contributed by atoms with van der Waals surface area (Å²) < 4.78 is 10.6. The van der Waals surface area contributed by atoms with Crippen LogP contribution in [-0.2, 0) is 6.42 Å². The maximum Gasteiger partial charge on any atom is 0.161 e. The predicted octanol–water partition coefficient (Wildman–Crippen LogP) is 2.24. The van der Waals surface area contributed by atoms with E-state index in [0.29, 0.717) is 11.5 Å². The molecule has 1 unspecified atom stereocenters. The summed E-state index contributed by atoms with van der Waals surface area (Å²) in [5, 5.41) is 9.29. The van der Waals surface area contributed by atoms with E-state index in [1.54, 1.807) is 7.11 Å². The number of aryl methyl sites for hydroxylation is 1. The first-order valence-corrected chi connectivity index (χ1v) is 5.78. The van der Waals surface area contributed by atoms with Crippen molar-refractivity contribution in [3.63, 3.8) is 0 Å². The number of aliphatic hydroxyl groups excluding tert-OH is 1. The van der Waals surface area contributed by atoms with Gasteiger partial charge in [0.25, 0.3) is 0 Å². The first-order chi connectivity index (χ1) is 7.71. The van der Waals surface area contributed by atoms with Crippen LogP contribution in [0.1, 0.15) is 12.5 Å². The van der Waals surface area contributed by atoms with Crippen molar-refractivity contribution in [2.75, 3.05) is 19.6 Å². The van der Waals surface area contributed by atoms with E-state index in [-0.39, 0.29) is 12.5 Å². The number of halogens is 1. The monoisotopic (exact) mass is 244 g/mol. The number of ether oxygens (including phenoxy) is 2. The Morgan fingerprint density at radius 2 is 2.12 bits per heavy atom.